The fourth-order valence-corrected chi connectivity index (χ4v) is 2.48. The first-order valence-corrected chi connectivity index (χ1v) is 7.70. The van der Waals surface area contributed by atoms with Crippen molar-refractivity contribution < 1.29 is 19.1 Å². The van der Waals surface area contributed by atoms with Crippen LogP contribution in [0.15, 0.2) is 16.7 Å². The summed E-state index contributed by atoms with van der Waals surface area (Å²) in [6.45, 7) is 2.67. The van der Waals surface area contributed by atoms with Crippen molar-refractivity contribution in [2.45, 2.75) is 38.3 Å². The van der Waals surface area contributed by atoms with Crippen molar-refractivity contribution in [2.24, 2.45) is 0 Å². The number of nitrogens with one attached hydrogen (secondary N) is 1. The molecule has 3 rings (SSSR count). The van der Waals surface area contributed by atoms with Crippen LogP contribution in [-0.2, 0) is 0 Å². The monoisotopic (exact) mass is 306 g/mol. The van der Waals surface area contributed by atoms with Crippen LogP contribution in [0.2, 0.25) is 0 Å². The second-order valence-corrected chi connectivity index (χ2v) is 5.67. The highest BCUT2D eigenvalue weighted by Gasteiger charge is 2.25. The van der Waals surface area contributed by atoms with E-state index >= 15 is 0 Å². The first-order valence-electron chi connectivity index (χ1n) is 7.70. The van der Waals surface area contributed by atoms with Crippen molar-refractivity contribution in [3.63, 3.8) is 0 Å². The van der Waals surface area contributed by atoms with Gasteiger partial charge in [0.25, 0.3) is 5.88 Å². The smallest absolute Gasteiger partial charge is 0.265 e. The first-order chi connectivity index (χ1) is 10.7. The summed E-state index contributed by atoms with van der Waals surface area (Å²) >= 11 is 0. The number of ether oxygens (including phenoxy) is 2. The molecule has 6 heteroatoms. The van der Waals surface area contributed by atoms with E-state index in [4.69, 9.17) is 19.1 Å². The van der Waals surface area contributed by atoms with Gasteiger partial charge in [0.15, 0.2) is 5.58 Å². The molecule has 0 spiro atoms. The Balaban J connectivity index is 1.92. The van der Waals surface area contributed by atoms with Crippen molar-refractivity contribution in [1.29, 1.82) is 0 Å². The Kier molecular flexibility index (Phi) is 4.49. The van der Waals surface area contributed by atoms with Crippen molar-refractivity contribution in [1.82, 2.24) is 10.5 Å². The molecule has 1 saturated carbocycles. The van der Waals surface area contributed by atoms with E-state index in [-0.39, 0.29) is 12.6 Å². The number of benzene rings is 1. The lowest BCUT2D eigenvalue weighted by molar-refractivity contribution is 0.234. The van der Waals surface area contributed by atoms with Crippen LogP contribution in [0, 0.1) is 0 Å². The lowest BCUT2D eigenvalue weighted by Gasteiger charge is -2.15. The molecule has 1 aromatic carbocycles. The van der Waals surface area contributed by atoms with Gasteiger partial charge in [-0.2, -0.15) is 0 Å². The fourth-order valence-electron chi connectivity index (χ4n) is 2.48. The lowest BCUT2D eigenvalue weighted by atomic mass is 10.1. The molecular formula is C16H22N2O4. The normalized spacial score (nSPS) is 16.0. The number of nitrogens with zero attached hydrogens (tertiary/aromatic N) is 1. The van der Waals surface area contributed by atoms with E-state index in [9.17, 15) is 0 Å². The minimum atomic E-state index is 0.100. The molecule has 0 saturated heterocycles. The van der Waals surface area contributed by atoms with Crippen LogP contribution in [0.5, 0.6) is 11.6 Å². The molecule has 0 amide bonds. The van der Waals surface area contributed by atoms with Gasteiger partial charge in [-0.1, -0.05) is 0 Å². The third-order valence-electron chi connectivity index (χ3n) is 3.85. The second-order valence-electron chi connectivity index (χ2n) is 5.67. The zero-order valence-electron chi connectivity index (χ0n) is 13.0. The van der Waals surface area contributed by atoms with E-state index in [1.807, 2.05) is 12.1 Å². The Bertz CT molecular complexity index is 636. The summed E-state index contributed by atoms with van der Waals surface area (Å²) in [6.07, 6.45) is 3.06. The average molecular weight is 306 g/mol. The highest BCUT2D eigenvalue weighted by atomic mass is 16.5. The number of hydrogen-bond donors (Lipinski definition) is 2. The van der Waals surface area contributed by atoms with Crippen molar-refractivity contribution in [3.05, 3.63) is 17.7 Å². The van der Waals surface area contributed by atoms with Crippen LogP contribution in [0.25, 0.3) is 11.0 Å². The molecule has 1 unspecified atom stereocenters. The number of hydrogen-bond acceptors (Lipinski definition) is 6. The van der Waals surface area contributed by atoms with Crippen LogP contribution in [-0.4, -0.2) is 36.6 Å². The van der Waals surface area contributed by atoms with Gasteiger partial charge in [-0.05, 0) is 42.6 Å². The molecule has 2 aromatic rings. The first kappa shape index (κ1) is 15.1. The number of aromatic nitrogens is 1. The highest BCUT2D eigenvalue weighted by molar-refractivity contribution is 5.89. The van der Waals surface area contributed by atoms with Gasteiger partial charge in [0.1, 0.15) is 11.1 Å². The van der Waals surface area contributed by atoms with E-state index in [1.54, 1.807) is 7.11 Å². The van der Waals surface area contributed by atoms with Crippen LogP contribution in [0.4, 0.5) is 0 Å². The minimum absolute atomic E-state index is 0.100. The van der Waals surface area contributed by atoms with Gasteiger partial charge >= 0.3 is 0 Å². The van der Waals surface area contributed by atoms with Crippen LogP contribution < -0.4 is 14.8 Å². The average Bonchev–Trinajstić information content (AvgIpc) is 3.23. The van der Waals surface area contributed by atoms with Gasteiger partial charge in [-0.15, -0.1) is 0 Å². The third kappa shape index (κ3) is 3.18. The number of aliphatic hydroxyl groups is 1. The molecule has 2 N–H and O–H groups in total. The molecule has 1 fully saturated rings. The van der Waals surface area contributed by atoms with Crippen LogP contribution in [0.1, 0.15) is 37.8 Å². The maximum absolute atomic E-state index is 8.92. The Labute approximate surface area is 129 Å². The van der Waals surface area contributed by atoms with Gasteiger partial charge < -0.3 is 24.4 Å². The zero-order valence-corrected chi connectivity index (χ0v) is 13.0. The summed E-state index contributed by atoms with van der Waals surface area (Å²) in [7, 11) is 1.56. The van der Waals surface area contributed by atoms with Gasteiger partial charge in [-0.3, -0.25) is 0 Å². The standard InChI is InChI=1S/C16H22N2O4/c1-10(17-12-4-5-12)11-8-13(21-7-3-6-19)15-14(9-11)22-18-16(15)20-2/h8-10,12,17,19H,3-7H2,1-2H3. The molecule has 22 heavy (non-hydrogen) atoms. The van der Waals surface area contributed by atoms with E-state index in [0.717, 1.165) is 10.9 Å². The molecular weight excluding hydrogens is 284 g/mol. The minimum Gasteiger partial charge on any atom is -0.493 e. The van der Waals surface area contributed by atoms with Crippen LogP contribution in [0.3, 0.4) is 0 Å². The lowest BCUT2D eigenvalue weighted by Crippen LogP contribution is -2.20. The van der Waals surface area contributed by atoms with Crippen molar-refractivity contribution in [3.8, 4) is 11.6 Å². The number of methoxy groups -OCH3 is 1. The summed E-state index contributed by atoms with van der Waals surface area (Å²) in [6, 6.07) is 4.81. The van der Waals surface area contributed by atoms with Crippen molar-refractivity contribution >= 4 is 11.0 Å². The number of rotatable bonds is 8. The summed E-state index contributed by atoms with van der Waals surface area (Å²) in [5, 5.41) is 17.2. The molecule has 120 valence electrons. The highest BCUT2D eigenvalue weighted by Crippen LogP contribution is 2.37. The summed E-state index contributed by atoms with van der Waals surface area (Å²) in [5.74, 6) is 1.10. The second kappa shape index (κ2) is 6.54. The SMILES string of the molecule is COc1noc2cc(C(C)NC3CC3)cc(OCCCO)c12. The summed E-state index contributed by atoms with van der Waals surface area (Å²) in [4.78, 5) is 0. The Morgan fingerprint density at radius 3 is 2.95 bits per heavy atom. The fraction of sp³-hybridized carbons (Fsp3) is 0.562. The topological polar surface area (TPSA) is 76.8 Å². The Morgan fingerprint density at radius 1 is 1.45 bits per heavy atom. The van der Waals surface area contributed by atoms with E-state index in [0.29, 0.717) is 36.3 Å². The van der Waals surface area contributed by atoms with E-state index in [2.05, 4.69) is 17.4 Å². The Morgan fingerprint density at radius 2 is 2.27 bits per heavy atom. The third-order valence-corrected chi connectivity index (χ3v) is 3.85. The molecule has 0 radical (unpaired) electrons. The molecule has 6 nitrogen and oxygen atoms in total. The molecule has 0 aliphatic heterocycles. The molecule has 1 atom stereocenters. The predicted octanol–water partition coefficient (Wildman–Crippen LogP) is 2.41. The van der Waals surface area contributed by atoms with Crippen LogP contribution >= 0.6 is 0 Å². The zero-order chi connectivity index (χ0) is 15.5. The van der Waals surface area contributed by atoms with Crippen molar-refractivity contribution in [2.75, 3.05) is 20.3 Å². The quantitative estimate of drug-likeness (QED) is 0.729. The van der Waals surface area contributed by atoms with Gasteiger partial charge in [0.05, 0.1) is 13.7 Å². The molecule has 1 aliphatic rings. The molecule has 1 aromatic heterocycles. The molecule has 0 bridgehead atoms. The summed E-state index contributed by atoms with van der Waals surface area (Å²) in [5.41, 5.74) is 1.75. The Hall–Kier alpha value is -1.79. The van der Waals surface area contributed by atoms with E-state index in [1.165, 1.54) is 12.8 Å². The predicted molar refractivity (Wildman–Crippen MR) is 82.3 cm³/mol. The number of aliphatic hydroxyl groups excluding tert-OH is 1. The van der Waals surface area contributed by atoms with E-state index < -0.39 is 0 Å². The summed E-state index contributed by atoms with van der Waals surface area (Å²) < 4.78 is 16.4. The molecule has 1 aliphatic carbocycles. The van der Waals surface area contributed by atoms with Gasteiger partial charge in [0, 0.05) is 25.1 Å². The van der Waals surface area contributed by atoms with Gasteiger partial charge in [0.2, 0.25) is 0 Å². The van der Waals surface area contributed by atoms with Gasteiger partial charge in [-0.25, -0.2) is 0 Å². The largest absolute Gasteiger partial charge is 0.493 e. The maximum Gasteiger partial charge on any atom is 0.265 e. The number of fused-ring (bicyclic) bond motifs is 1. The molecule has 1 heterocycles. The maximum atomic E-state index is 8.92.